The first-order valence-corrected chi connectivity index (χ1v) is 9.11. The van der Waals surface area contributed by atoms with Crippen LogP contribution in [0.25, 0.3) is 0 Å². The molecule has 3 rings (SSSR count). The first-order chi connectivity index (χ1) is 13.2. The van der Waals surface area contributed by atoms with Crippen molar-refractivity contribution < 1.29 is 19.0 Å². The number of hydrogen-bond acceptors (Lipinski definition) is 4. The highest BCUT2D eigenvalue weighted by molar-refractivity contribution is 5.74. The molecule has 0 unspecified atom stereocenters. The second-order valence-electron chi connectivity index (χ2n) is 6.39. The highest BCUT2D eigenvalue weighted by atomic mass is 16.5. The lowest BCUT2D eigenvalue weighted by Gasteiger charge is -2.33. The largest absolute Gasteiger partial charge is 0.493 e. The molecular formula is C21H26N2O4. The third kappa shape index (κ3) is 4.92. The molecule has 27 heavy (non-hydrogen) atoms. The van der Waals surface area contributed by atoms with Crippen LogP contribution in [0.2, 0.25) is 0 Å². The molecular weight excluding hydrogens is 344 g/mol. The molecule has 2 amide bonds. The van der Waals surface area contributed by atoms with Crippen molar-refractivity contribution in [2.75, 3.05) is 40.5 Å². The zero-order valence-electron chi connectivity index (χ0n) is 15.8. The van der Waals surface area contributed by atoms with Gasteiger partial charge in [0.2, 0.25) is 0 Å². The molecule has 0 saturated carbocycles. The van der Waals surface area contributed by atoms with Gasteiger partial charge in [-0.1, -0.05) is 36.4 Å². The predicted octanol–water partition coefficient (Wildman–Crippen LogP) is 3.03. The van der Waals surface area contributed by atoms with Crippen molar-refractivity contribution in [1.29, 1.82) is 0 Å². The molecule has 0 radical (unpaired) electrons. The first-order valence-electron chi connectivity index (χ1n) is 9.11. The summed E-state index contributed by atoms with van der Waals surface area (Å²) in [4.78, 5) is 14.3. The molecule has 0 aliphatic carbocycles. The molecule has 144 valence electrons. The summed E-state index contributed by atoms with van der Waals surface area (Å²) < 4.78 is 16.4. The fourth-order valence-electron chi connectivity index (χ4n) is 3.16. The molecule has 1 atom stereocenters. The summed E-state index contributed by atoms with van der Waals surface area (Å²) in [6, 6.07) is 15.7. The molecule has 1 N–H and O–H groups in total. The Kier molecular flexibility index (Phi) is 6.54. The van der Waals surface area contributed by atoms with Crippen molar-refractivity contribution >= 4 is 6.03 Å². The molecule has 0 spiro atoms. The van der Waals surface area contributed by atoms with E-state index in [0.29, 0.717) is 37.7 Å². The Morgan fingerprint density at radius 3 is 2.67 bits per heavy atom. The summed E-state index contributed by atoms with van der Waals surface area (Å²) in [6.07, 6.45) is 0.648. The molecule has 1 aliphatic rings. The topological polar surface area (TPSA) is 60.0 Å². The van der Waals surface area contributed by atoms with E-state index < -0.39 is 0 Å². The van der Waals surface area contributed by atoms with Gasteiger partial charge >= 0.3 is 6.03 Å². The van der Waals surface area contributed by atoms with Gasteiger partial charge in [-0.2, -0.15) is 0 Å². The number of methoxy groups -OCH3 is 2. The van der Waals surface area contributed by atoms with E-state index in [2.05, 4.69) is 5.32 Å². The number of hydrogen-bond donors (Lipinski definition) is 1. The summed E-state index contributed by atoms with van der Waals surface area (Å²) in [6.45, 7) is 2.27. The van der Waals surface area contributed by atoms with Gasteiger partial charge in [0.1, 0.15) is 6.10 Å². The lowest BCUT2D eigenvalue weighted by molar-refractivity contribution is -0.0153. The van der Waals surface area contributed by atoms with Crippen LogP contribution in [0, 0.1) is 0 Å². The fourth-order valence-corrected chi connectivity index (χ4v) is 3.16. The van der Waals surface area contributed by atoms with Crippen molar-refractivity contribution in [1.82, 2.24) is 10.2 Å². The SMILES string of the molecule is COc1ccc(CCNC(=O)N2CCO[C@H](c3ccccc3)C2)cc1OC. The van der Waals surface area contributed by atoms with E-state index in [0.717, 1.165) is 17.5 Å². The van der Waals surface area contributed by atoms with Gasteiger partial charge in [0.15, 0.2) is 11.5 Å². The number of carbonyl (C=O) groups excluding carboxylic acids is 1. The van der Waals surface area contributed by atoms with Crippen LogP contribution in [-0.2, 0) is 11.2 Å². The average molecular weight is 370 g/mol. The lowest BCUT2D eigenvalue weighted by Crippen LogP contribution is -2.47. The fraction of sp³-hybridized carbons (Fsp3) is 0.381. The quantitative estimate of drug-likeness (QED) is 0.849. The van der Waals surface area contributed by atoms with Crippen LogP contribution < -0.4 is 14.8 Å². The standard InChI is InChI=1S/C21H26N2O4/c1-25-18-9-8-16(14-19(18)26-2)10-11-22-21(24)23-12-13-27-20(15-23)17-6-4-3-5-7-17/h3-9,14,20H,10-13,15H2,1-2H3,(H,22,24)/t20-/m0/s1. The van der Waals surface area contributed by atoms with Crippen LogP contribution >= 0.6 is 0 Å². The zero-order valence-corrected chi connectivity index (χ0v) is 15.8. The minimum absolute atomic E-state index is 0.0558. The number of benzene rings is 2. The van der Waals surface area contributed by atoms with Crippen molar-refractivity contribution in [3.05, 3.63) is 59.7 Å². The summed E-state index contributed by atoms with van der Waals surface area (Å²) in [5.74, 6) is 1.39. The first kappa shape index (κ1) is 19.0. The van der Waals surface area contributed by atoms with Crippen molar-refractivity contribution in [3.63, 3.8) is 0 Å². The highest BCUT2D eigenvalue weighted by Gasteiger charge is 2.25. The van der Waals surface area contributed by atoms with Gasteiger partial charge in [0, 0.05) is 13.1 Å². The normalized spacial score (nSPS) is 16.7. The summed E-state index contributed by atoms with van der Waals surface area (Å²) in [5, 5.41) is 3.00. The van der Waals surface area contributed by atoms with Crippen LogP contribution in [0.3, 0.4) is 0 Å². The monoisotopic (exact) mass is 370 g/mol. The number of nitrogens with zero attached hydrogens (tertiary/aromatic N) is 1. The Morgan fingerprint density at radius 2 is 1.93 bits per heavy atom. The summed E-state index contributed by atoms with van der Waals surface area (Å²) in [7, 11) is 3.23. The van der Waals surface area contributed by atoms with Gasteiger partial charge < -0.3 is 24.4 Å². The van der Waals surface area contributed by atoms with Gasteiger partial charge in [0.05, 0.1) is 27.4 Å². The van der Waals surface area contributed by atoms with E-state index in [1.165, 1.54) is 0 Å². The number of morpholine rings is 1. The molecule has 2 aromatic carbocycles. The number of amides is 2. The number of rotatable bonds is 6. The summed E-state index contributed by atoms with van der Waals surface area (Å²) >= 11 is 0. The minimum Gasteiger partial charge on any atom is -0.493 e. The van der Waals surface area contributed by atoms with E-state index in [-0.39, 0.29) is 12.1 Å². The van der Waals surface area contributed by atoms with E-state index >= 15 is 0 Å². The molecule has 0 bridgehead atoms. The van der Waals surface area contributed by atoms with Gasteiger partial charge in [0.25, 0.3) is 0 Å². The van der Waals surface area contributed by atoms with E-state index in [4.69, 9.17) is 14.2 Å². The molecule has 0 aromatic heterocycles. The molecule has 2 aromatic rings. The molecule has 1 aliphatic heterocycles. The van der Waals surface area contributed by atoms with Crippen molar-refractivity contribution in [3.8, 4) is 11.5 Å². The zero-order chi connectivity index (χ0) is 19.1. The van der Waals surface area contributed by atoms with E-state index in [1.807, 2.05) is 53.4 Å². The number of urea groups is 1. The maximum atomic E-state index is 12.5. The second kappa shape index (κ2) is 9.28. The molecule has 1 heterocycles. The van der Waals surface area contributed by atoms with Gasteiger partial charge in [-0.05, 0) is 29.7 Å². The Bertz CT molecular complexity index is 751. The van der Waals surface area contributed by atoms with Crippen molar-refractivity contribution in [2.24, 2.45) is 0 Å². The Hall–Kier alpha value is -2.73. The van der Waals surface area contributed by atoms with E-state index in [1.54, 1.807) is 14.2 Å². The van der Waals surface area contributed by atoms with Crippen LogP contribution in [0.4, 0.5) is 4.79 Å². The Morgan fingerprint density at radius 1 is 1.15 bits per heavy atom. The molecule has 6 nitrogen and oxygen atoms in total. The van der Waals surface area contributed by atoms with Crippen molar-refractivity contribution in [2.45, 2.75) is 12.5 Å². The smallest absolute Gasteiger partial charge is 0.317 e. The van der Waals surface area contributed by atoms with E-state index in [9.17, 15) is 4.79 Å². The third-order valence-corrected chi connectivity index (χ3v) is 4.66. The van der Waals surface area contributed by atoms with Crippen LogP contribution in [0.5, 0.6) is 11.5 Å². The molecule has 1 fully saturated rings. The van der Waals surface area contributed by atoms with Crippen LogP contribution in [0.1, 0.15) is 17.2 Å². The Balaban J connectivity index is 1.50. The van der Waals surface area contributed by atoms with Gasteiger partial charge in [-0.25, -0.2) is 4.79 Å². The Labute approximate surface area is 160 Å². The molecule has 6 heteroatoms. The van der Waals surface area contributed by atoms with Crippen LogP contribution in [0.15, 0.2) is 48.5 Å². The van der Waals surface area contributed by atoms with Gasteiger partial charge in [-0.3, -0.25) is 0 Å². The number of nitrogens with one attached hydrogen (secondary N) is 1. The van der Waals surface area contributed by atoms with Gasteiger partial charge in [-0.15, -0.1) is 0 Å². The molecule has 1 saturated heterocycles. The maximum absolute atomic E-state index is 12.5. The second-order valence-corrected chi connectivity index (χ2v) is 6.39. The minimum atomic E-state index is -0.0726. The average Bonchev–Trinajstić information content (AvgIpc) is 2.74. The third-order valence-electron chi connectivity index (χ3n) is 4.66. The summed E-state index contributed by atoms with van der Waals surface area (Å²) in [5.41, 5.74) is 2.18. The highest BCUT2D eigenvalue weighted by Crippen LogP contribution is 2.27. The number of carbonyl (C=O) groups is 1. The van der Waals surface area contributed by atoms with Crippen LogP contribution in [-0.4, -0.2) is 51.4 Å². The number of ether oxygens (including phenoxy) is 3. The maximum Gasteiger partial charge on any atom is 0.317 e. The predicted molar refractivity (Wildman–Crippen MR) is 103 cm³/mol. The lowest BCUT2D eigenvalue weighted by atomic mass is 10.1.